The first-order valence-electron chi connectivity index (χ1n) is 5.38. The summed E-state index contributed by atoms with van der Waals surface area (Å²) in [7, 11) is 0. The Kier molecular flexibility index (Phi) is 3.21. The lowest BCUT2D eigenvalue weighted by Crippen LogP contribution is -2.49. The van der Waals surface area contributed by atoms with Crippen LogP contribution in [0.15, 0.2) is 16.5 Å². The molecule has 0 radical (unpaired) electrons. The fraction of sp³-hybridized carbons (Fsp3) is 0.545. The van der Waals surface area contributed by atoms with Gasteiger partial charge < -0.3 is 15.1 Å². The van der Waals surface area contributed by atoms with E-state index in [9.17, 15) is 4.79 Å². The van der Waals surface area contributed by atoms with E-state index < -0.39 is 0 Å². The molecule has 0 spiro atoms. The number of hydrogen-bond acceptors (Lipinski definition) is 3. The number of carbonyl (C=O) groups excluding carboxylic acids is 1. The van der Waals surface area contributed by atoms with E-state index in [0.29, 0.717) is 12.5 Å². The number of nitrogens with zero attached hydrogens (tertiary/aromatic N) is 1. The van der Waals surface area contributed by atoms with Gasteiger partial charge >= 0.3 is 0 Å². The Labute approximate surface area is 99.3 Å². The van der Waals surface area contributed by atoms with Crippen molar-refractivity contribution in [3.05, 3.63) is 23.1 Å². The molecule has 1 amide bonds. The third-order valence-corrected chi connectivity index (χ3v) is 3.29. The maximum Gasteiger partial charge on any atom is 0.289 e. The summed E-state index contributed by atoms with van der Waals surface area (Å²) in [6, 6.07) is 3.21. The van der Waals surface area contributed by atoms with Gasteiger partial charge in [-0.05, 0) is 36.1 Å². The topological polar surface area (TPSA) is 59.5 Å². The van der Waals surface area contributed by atoms with Crippen LogP contribution < -0.4 is 5.73 Å². The lowest BCUT2D eigenvalue weighted by Gasteiger charge is -2.34. The van der Waals surface area contributed by atoms with Crippen molar-refractivity contribution in [2.24, 2.45) is 11.7 Å². The Morgan fingerprint density at radius 1 is 1.62 bits per heavy atom. The van der Waals surface area contributed by atoms with Gasteiger partial charge in [0.25, 0.3) is 5.91 Å². The van der Waals surface area contributed by atoms with Gasteiger partial charge in [0, 0.05) is 19.1 Å². The molecule has 1 aromatic heterocycles. The zero-order valence-electron chi connectivity index (χ0n) is 9.15. The molecule has 0 saturated carbocycles. The second-order valence-electron chi connectivity index (χ2n) is 4.28. The minimum atomic E-state index is -0.130. The largest absolute Gasteiger partial charge is 0.440 e. The van der Waals surface area contributed by atoms with Crippen molar-refractivity contribution in [1.82, 2.24) is 4.90 Å². The van der Waals surface area contributed by atoms with Gasteiger partial charge in [-0.2, -0.15) is 0 Å². The summed E-state index contributed by atoms with van der Waals surface area (Å²) < 4.78 is 5.09. The van der Waals surface area contributed by atoms with E-state index in [-0.39, 0.29) is 22.9 Å². The van der Waals surface area contributed by atoms with Crippen LogP contribution in [0.2, 0.25) is 5.22 Å². The Hall–Kier alpha value is -1.00. The lowest BCUT2D eigenvalue weighted by atomic mass is 9.94. The highest BCUT2D eigenvalue weighted by Crippen LogP contribution is 2.20. The van der Waals surface area contributed by atoms with Gasteiger partial charge in [0.15, 0.2) is 11.0 Å². The molecule has 2 atom stereocenters. The van der Waals surface area contributed by atoms with Gasteiger partial charge in [0.1, 0.15) is 0 Å². The number of hydrogen-bond donors (Lipinski definition) is 1. The number of carbonyl (C=O) groups is 1. The molecule has 4 nitrogen and oxygen atoms in total. The number of nitrogens with two attached hydrogens (primary N) is 1. The number of likely N-dealkylation sites (tertiary alicyclic amines) is 1. The molecule has 2 heterocycles. The van der Waals surface area contributed by atoms with E-state index in [1.165, 1.54) is 0 Å². The molecular weight excluding hydrogens is 228 g/mol. The van der Waals surface area contributed by atoms with E-state index in [0.717, 1.165) is 13.0 Å². The van der Waals surface area contributed by atoms with Crippen molar-refractivity contribution >= 4 is 17.5 Å². The first kappa shape index (κ1) is 11.5. The quantitative estimate of drug-likeness (QED) is 0.816. The number of furan rings is 1. The number of amides is 1. The van der Waals surface area contributed by atoms with Crippen LogP contribution in [0, 0.1) is 5.92 Å². The smallest absolute Gasteiger partial charge is 0.289 e. The summed E-state index contributed by atoms with van der Waals surface area (Å²) in [6.07, 6.45) is 0.932. The predicted octanol–water partition coefficient (Wildman–Crippen LogP) is 1.74. The summed E-state index contributed by atoms with van der Waals surface area (Å²) in [5.74, 6) is 0.616. The Bertz CT molecular complexity index is 391. The van der Waals surface area contributed by atoms with E-state index in [1.807, 2.05) is 0 Å². The summed E-state index contributed by atoms with van der Waals surface area (Å²) in [5.41, 5.74) is 5.94. The van der Waals surface area contributed by atoms with E-state index in [1.54, 1.807) is 17.0 Å². The van der Waals surface area contributed by atoms with Crippen LogP contribution in [0.5, 0.6) is 0 Å². The molecule has 1 saturated heterocycles. The minimum absolute atomic E-state index is 0.0446. The van der Waals surface area contributed by atoms with E-state index in [4.69, 9.17) is 21.8 Å². The molecule has 2 rings (SSSR count). The van der Waals surface area contributed by atoms with Gasteiger partial charge in [-0.25, -0.2) is 0 Å². The molecule has 1 aliphatic heterocycles. The van der Waals surface area contributed by atoms with Crippen molar-refractivity contribution in [2.45, 2.75) is 19.4 Å². The molecule has 1 fully saturated rings. The predicted molar refractivity (Wildman–Crippen MR) is 61.4 cm³/mol. The molecule has 0 bridgehead atoms. The van der Waals surface area contributed by atoms with E-state index in [2.05, 4.69) is 6.92 Å². The third kappa shape index (κ3) is 2.23. The Morgan fingerprint density at radius 2 is 2.38 bits per heavy atom. The second kappa shape index (κ2) is 4.47. The fourth-order valence-corrected chi connectivity index (χ4v) is 2.01. The van der Waals surface area contributed by atoms with Crippen LogP contribution in [0.25, 0.3) is 0 Å². The van der Waals surface area contributed by atoms with E-state index >= 15 is 0 Å². The van der Waals surface area contributed by atoms with Crippen molar-refractivity contribution < 1.29 is 9.21 Å². The number of halogens is 1. The fourth-order valence-electron chi connectivity index (χ4n) is 1.87. The molecule has 2 unspecified atom stereocenters. The zero-order valence-corrected chi connectivity index (χ0v) is 9.91. The molecule has 5 heteroatoms. The third-order valence-electron chi connectivity index (χ3n) is 3.09. The van der Waals surface area contributed by atoms with Crippen LogP contribution in [0.1, 0.15) is 23.9 Å². The molecule has 2 N–H and O–H groups in total. The lowest BCUT2D eigenvalue weighted by molar-refractivity contribution is 0.0640. The summed E-state index contributed by atoms with van der Waals surface area (Å²) in [5, 5.41) is 0.234. The maximum absolute atomic E-state index is 12.0. The van der Waals surface area contributed by atoms with Gasteiger partial charge in [-0.15, -0.1) is 0 Å². The zero-order chi connectivity index (χ0) is 11.7. The van der Waals surface area contributed by atoms with Gasteiger partial charge in [0.2, 0.25) is 0 Å². The highest BCUT2D eigenvalue weighted by Gasteiger charge is 2.28. The van der Waals surface area contributed by atoms with Gasteiger partial charge in [-0.1, -0.05) is 6.92 Å². The highest BCUT2D eigenvalue weighted by atomic mass is 35.5. The standard InChI is InChI=1S/C11H15ClN2O2/c1-7-4-5-14(6-8(7)13)11(15)9-2-3-10(12)16-9/h2-3,7-8H,4-6,13H2,1H3. The Morgan fingerprint density at radius 3 is 2.94 bits per heavy atom. The number of rotatable bonds is 1. The minimum Gasteiger partial charge on any atom is -0.440 e. The first-order chi connectivity index (χ1) is 7.58. The average Bonchev–Trinajstić information content (AvgIpc) is 2.68. The molecular formula is C11H15ClN2O2. The van der Waals surface area contributed by atoms with Gasteiger partial charge in [0.05, 0.1) is 0 Å². The molecule has 1 aliphatic rings. The van der Waals surface area contributed by atoms with Crippen molar-refractivity contribution in [2.75, 3.05) is 13.1 Å². The summed E-state index contributed by atoms with van der Waals surface area (Å²) >= 11 is 5.63. The van der Waals surface area contributed by atoms with Crippen LogP contribution in [-0.4, -0.2) is 29.9 Å². The number of piperidine rings is 1. The maximum atomic E-state index is 12.0. The molecule has 1 aromatic rings. The van der Waals surface area contributed by atoms with Crippen LogP contribution in [0.4, 0.5) is 0 Å². The first-order valence-corrected chi connectivity index (χ1v) is 5.76. The molecule has 16 heavy (non-hydrogen) atoms. The van der Waals surface area contributed by atoms with Crippen molar-refractivity contribution in [3.8, 4) is 0 Å². The monoisotopic (exact) mass is 242 g/mol. The normalized spacial score (nSPS) is 25.8. The van der Waals surface area contributed by atoms with Crippen molar-refractivity contribution in [1.29, 1.82) is 0 Å². The molecule has 0 aliphatic carbocycles. The molecule has 0 aromatic carbocycles. The Balaban J connectivity index is 2.06. The summed E-state index contributed by atoms with van der Waals surface area (Å²) in [4.78, 5) is 13.7. The second-order valence-corrected chi connectivity index (χ2v) is 4.66. The highest BCUT2D eigenvalue weighted by molar-refractivity contribution is 6.29. The van der Waals surface area contributed by atoms with Crippen LogP contribution in [0.3, 0.4) is 0 Å². The van der Waals surface area contributed by atoms with Gasteiger partial charge in [-0.3, -0.25) is 4.79 Å². The molecule has 88 valence electrons. The SMILES string of the molecule is CC1CCN(C(=O)c2ccc(Cl)o2)CC1N. The van der Waals surface area contributed by atoms with Crippen molar-refractivity contribution in [3.63, 3.8) is 0 Å². The summed E-state index contributed by atoms with van der Waals surface area (Å²) in [6.45, 7) is 3.42. The average molecular weight is 243 g/mol. The van der Waals surface area contributed by atoms with Crippen LogP contribution in [-0.2, 0) is 0 Å². The van der Waals surface area contributed by atoms with Crippen LogP contribution >= 0.6 is 11.6 Å².